The van der Waals surface area contributed by atoms with Crippen molar-refractivity contribution in [3.63, 3.8) is 0 Å². The van der Waals surface area contributed by atoms with Gasteiger partial charge in [0.05, 0.1) is 45.6 Å². The molecule has 0 atom stereocenters. The van der Waals surface area contributed by atoms with Crippen molar-refractivity contribution >= 4 is 0 Å². The number of hydrogen-bond donors (Lipinski definition) is 0. The van der Waals surface area contributed by atoms with Crippen molar-refractivity contribution in [3.8, 4) is 67.8 Å². The number of aromatic nitrogens is 6. The van der Waals surface area contributed by atoms with Crippen LogP contribution in [-0.4, -0.2) is 29.9 Å². The van der Waals surface area contributed by atoms with E-state index in [2.05, 4.69) is 68.5 Å². The van der Waals surface area contributed by atoms with Gasteiger partial charge in [-0.1, -0.05) is 84.9 Å². The molecule has 0 aliphatic heterocycles. The van der Waals surface area contributed by atoms with Crippen molar-refractivity contribution in [2.75, 3.05) is 0 Å². The second-order valence-corrected chi connectivity index (χ2v) is 10.8. The van der Waals surface area contributed by atoms with E-state index in [1.807, 2.05) is 109 Å². The summed E-state index contributed by atoms with van der Waals surface area (Å²) in [5.74, 6) is 0. The second-order valence-electron chi connectivity index (χ2n) is 10.8. The summed E-state index contributed by atoms with van der Waals surface area (Å²) in [6, 6.07) is 52.3. The third-order valence-corrected chi connectivity index (χ3v) is 7.57. The topological polar surface area (TPSA) is 77.3 Å². The predicted molar refractivity (Wildman–Crippen MR) is 192 cm³/mol. The zero-order valence-electron chi connectivity index (χ0n) is 26.3. The standard InChI is InChI=1S/2C21H15N3.Ir/c2*1-2-8-16(9-3-1)17-14-20(18-10-4-6-12-22-18)24-21(15-17)19-11-5-7-13-23-19;/h2*1-15H;. The van der Waals surface area contributed by atoms with Crippen molar-refractivity contribution in [2.24, 2.45) is 0 Å². The second kappa shape index (κ2) is 16.2. The molecule has 6 nitrogen and oxygen atoms in total. The maximum absolute atomic E-state index is 4.77. The molecule has 2 aromatic carbocycles. The molecule has 0 bridgehead atoms. The number of benzene rings is 2. The summed E-state index contributed by atoms with van der Waals surface area (Å²) in [7, 11) is 0. The number of pyridine rings is 6. The minimum Gasteiger partial charge on any atom is -0.255 e. The molecule has 0 saturated heterocycles. The predicted octanol–water partition coefficient (Wildman–Crippen LogP) is 9.74. The van der Waals surface area contributed by atoms with Gasteiger partial charge in [0.1, 0.15) is 0 Å². The van der Waals surface area contributed by atoms with Gasteiger partial charge in [0.25, 0.3) is 0 Å². The molecule has 6 heterocycles. The Morgan fingerprint density at radius 2 is 0.510 bits per heavy atom. The third kappa shape index (κ3) is 8.29. The molecule has 8 rings (SSSR count). The van der Waals surface area contributed by atoms with Crippen LogP contribution in [0.25, 0.3) is 67.8 Å². The zero-order chi connectivity index (χ0) is 32.4. The van der Waals surface area contributed by atoms with E-state index in [0.29, 0.717) is 0 Å². The maximum Gasteiger partial charge on any atom is 0.0900 e. The van der Waals surface area contributed by atoms with Crippen molar-refractivity contribution < 1.29 is 20.1 Å². The molecule has 0 unspecified atom stereocenters. The van der Waals surface area contributed by atoms with E-state index in [1.54, 1.807) is 24.8 Å². The van der Waals surface area contributed by atoms with Crippen LogP contribution in [0.3, 0.4) is 0 Å². The maximum atomic E-state index is 4.77. The average Bonchev–Trinajstić information content (AvgIpc) is 3.20. The van der Waals surface area contributed by atoms with E-state index >= 15 is 0 Å². The van der Waals surface area contributed by atoms with Crippen molar-refractivity contribution in [1.29, 1.82) is 0 Å². The number of hydrogen-bond acceptors (Lipinski definition) is 6. The minimum atomic E-state index is 0. The van der Waals surface area contributed by atoms with Gasteiger partial charge in [-0.2, -0.15) is 0 Å². The van der Waals surface area contributed by atoms with Crippen LogP contribution < -0.4 is 0 Å². The SMILES string of the molecule is [Ir].c1ccc(-c2cc(-c3ccccn3)nc(-c3ccccn3)c2)cc1.c1ccc(-c2cc(-c3ccccn3)nc(-c3ccccn3)c2)cc1. The smallest absolute Gasteiger partial charge is 0.0900 e. The third-order valence-electron chi connectivity index (χ3n) is 7.57. The summed E-state index contributed by atoms with van der Waals surface area (Å²) in [4.78, 5) is 27.3. The van der Waals surface area contributed by atoms with E-state index in [1.165, 1.54) is 0 Å². The van der Waals surface area contributed by atoms with Crippen LogP contribution in [0, 0.1) is 0 Å². The van der Waals surface area contributed by atoms with Crippen molar-refractivity contribution in [2.45, 2.75) is 0 Å². The first-order valence-corrected chi connectivity index (χ1v) is 15.6. The summed E-state index contributed by atoms with van der Waals surface area (Å²) in [6.45, 7) is 0. The van der Waals surface area contributed by atoms with Gasteiger partial charge in [0.2, 0.25) is 0 Å². The molecule has 0 spiro atoms. The van der Waals surface area contributed by atoms with Gasteiger partial charge in [-0.15, -0.1) is 0 Å². The largest absolute Gasteiger partial charge is 0.255 e. The van der Waals surface area contributed by atoms with E-state index in [0.717, 1.165) is 67.8 Å². The summed E-state index contributed by atoms with van der Waals surface area (Å²) in [6.07, 6.45) is 7.14. The molecule has 8 aromatic rings. The first-order chi connectivity index (χ1) is 23.8. The van der Waals surface area contributed by atoms with E-state index in [9.17, 15) is 0 Å². The molecule has 49 heavy (non-hydrogen) atoms. The molecule has 6 aromatic heterocycles. The zero-order valence-corrected chi connectivity index (χ0v) is 28.7. The van der Waals surface area contributed by atoms with Crippen LogP contribution in [0.4, 0.5) is 0 Å². The van der Waals surface area contributed by atoms with Crippen LogP contribution >= 0.6 is 0 Å². The van der Waals surface area contributed by atoms with Gasteiger partial charge in [0.15, 0.2) is 0 Å². The average molecular weight is 811 g/mol. The van der Waals surface area contributed by atoms with Gasteiger partial charge in [-0.05, 0) is 95.1 Å². The summed E-state index contributed by atoms with van der Waals surface area (Å²) in [5.41, 5.74) is 11.3. The Morgan fingerprint density at radius 1 is 0.245 bits per heavy atom. The Kier molecular flexibility index (Phi) is 10.9. The van der Waals surface area contributed by atoms with E-state index < -0.39 is 0 Å². The molecule has 237 valence electrons. The molecule has 0 aliphatic carbocycles. The minimum absolute atomic E-state index is 0. The van der Waals surface area contributed by atoms with Gasteiger partial charge in [-0.25, -0.2) is 9.97 Å². The van der Waals surface area contributed by atoms with E-state index in [-0.39, 0.29) is 20.1 Å². The first-order valence-electron chi connectivity index (χ1n) is 15.6. The van der Waals surface area contributed by atoms with Gasteiger partial charge >= 0.3 is 0 Å². The van der Waals surface area contributed by atoms with Gasteiger partial charge in [-0.3, -0.25) is 19.9 Å². The molecule has 0 saturated carbocycles. The first kappa shape index (κ1) is 32.9. The fourth-order valence-electron chi connectivity index (χ4n) is 5.24. The Morgan fingerprint density at radius 3 is 0.755 bits per heavy atom. The Labute approximate surface area is 299 Å². The molecular formula is C42H30IrN6. The quantitative estimate of drug-likeness (QED) is 0.167. The fraction of sp³-hybridized carbons (Fsp3) is 0. The van der Waals surface area contributed by atoms with Crippen LogP contribution in [-0.2, 0) is 20.1 Å². The molecule has 0 aliphatic rings. The number of rotatable bonds is 6. The van der Waals surface area contributed by atoms with Crippen molar-refractivity contribution in [1.82, 2.24) is 29.9 Å². The summed E-state index contributed by atoms with van der Waals surface area (Å²) in [5, 5.41) is 0. The molecule has 1 radical (unpaired) electrons. The molecular weight excluding hydrogens is 781 g/mol. The Hall–Kier alpha value is -6.01. The van der Waals surface area contributed by atoms with Crippen molar-refractivity contribution in [3.05, 3.63) is 183 Å². The Balaban J connectivity index is 0.000000167. The fourth-order valence-corrected chi connectivity index (χ4v) is 5.24. The summed E-state index contributed by atoms with van der Waals surface area (Å²) >= 11 is 0. The van der Waals surface area contributed by atoms with Crippen LogP contribution in [0.1, 0.15) is 0 Å². The molecule has 0 N–H and O–H groups in total. The molecule has 0 fully saturated rings. The number of nitrogens with zero attached hydrogens (tertiary/aromatic N) is 6. The monoisotopic (exact) mass is 811 g/mol. The summed E-state index contributed by atoms with van der Waals surface area (Å²) < 4.78 is 0. The Bertz CT molecular complexity index is 1760. The van der Waals surface area contributed by atoms with Gasteiger partial charge in [0, 0.05) is 44.9 Å². The van der Waals surface area contributed by atoms with Crippen LogP contribution in [0.15, 0.2) is 183 Å². The van der Waals surface area contributed by atoms with Crippen LogP contribution in [0.2, 0.25) is 0 Å². The van der Waals surface area contributed by atoms with Crippen LogP contribution in [0.5, 0.6) is 0 Å². The normalized spacial score (nSPS) is 10.3. The molecule has 7 heteroatoms. The molecule has 0 amide bonds. The van der Waals surface area contributed by atoms with E-state index in [4.69, 9.17) is 9.97 Å². The van der Waals surface area contributed by atoms with Gasteiger partial charge < -0.3 is 0 Å².